The second-order valence-electron chi connectivity index (χ2n) is 4.11. The van der Waals surface area contributed by atoms with Gasteiger partial charge >= 0.3 is 0 Å². The summed E-state index contributed by atoms with van der Waals surface area (Å²) in [6.07, 6.45) is 0. The Morgan fingerprint density at radius 3 is 2.68 bits per heavy atom. The Morgan fingerprint density at radius 1 is 1.16 bits per heavy atom. The van der Waals surface area contributed by atoms with Crippen molar-refractivity contribution in [3.63, 3.8) is 0 Å². The SMILES string of the molecule is CC(=O)c1cccc(OCc2cc(F)ccc2F)c1. The fraction of sp³-hybridized carbons (Fsp3) is 0.133. The second kappa shape index (κ2) is 5.61. The summed E-state index contributed by atoms with van der Waals surface area (Å²) in [5, 5.41) is 0. The maximum atomic E-state index is 13.4. The topological polar surface area (TPSA) is 26.3 Å². The van der Waals surface area contributed by atoms with Gasteiger partial charge in [0.1, 0.15) is 24.0 Å². The standard InChI is InChI=1S/C15H12F2O2/c1-10(18)11-3-2-4-14(8-11)19-9-12-7-13(16)5-6-15(12)17/h2-8H,9H2,1H3. The molecule has 0 saturated heterocycles. The van der Waals surface area contributed by atoms with Crippen LogP contribution >= 0.6 is 0 Å². The molecule has 98 valence electrons. The molecule has 0 amide bonds. The molecule has 0 atom stereocenters. The predicted molar refractivity (Wildman–Crippen MR) is 67.1 cm³/mol. The summed E-state index contributed by atoms with van der Waals surface area (Å²) in [5.74, 6) is -0.680. The molecule has 19 heavy (non-hydrogen) atoms. The first-order valence-electron chi connectivity index (χ1n) is 5.74. The van der Waals surface area contributed by atoms with Crippen molar-refractivity contribution in [3.05, 3.63) is 65.2 Å². The molecule has 0 fully saturated rings. The van der Waals surface area contributed by atoms with Crippen molar-refractivity contribution < 1.29 is 18.3 Å². The van der Waals surface area contributed by atoms with Crippen LogP contribution in [0.1, 0.15) is 22.8 Å². The van der Waals surface area contributed by atoms with Crippen molar-refractivity contribution in [2.45, 2.75) is 13.5 Å². The van der Waals surface area contributed by atoms with Crippen LogP contribution in [-0.2, 0) is 6.61 Å². The van der Waals surface area contributed by atoms with Gasteiger partial charge in [-0.3, -0.25) is 4.79 Å². The molecule has 0 aliphatic carbocycles. The van der Waals surface area contributed by atoms with E-state index in [1.165, 1.54) is 6.92 Å². The first kappa shape index (κ1) is 13.2. The van der Waals surface area contributed by atoms with E-state index in [-0.39, 0.29) is 18.0 Å². The molecule has 2 rings (SSSR count). The summed E-state index contributed by atoms with van der Waals surface area (Å²) in [4.78, 5) is 11.2. The Kier molecular flexibility index (Phi) is 3.90. The van der Waals surface area contributed by atoms with Gasteiger partial charge in [0, 0.05) is 11.1 Å². The largest absolute Gasteiger partial charge is 0.489 e. The summed E-state index contributed by atoms with van der Waals surface area (Å²) in [5.41, 5.74) is 0.644. The number of carbonyl (C=O) groups excluding carboxylic acids is 1. The third-order valence-corrected chi connectivity index (χ3v) is 2.64. The number of hydrogen-bond donors (Lipinski definition) is 0. The molecule has 2 aromatic rings. The van der Waals surface area contributed by atoms with Gasteiger partial charge in [-0.1, -0.05) is 12.1 Å². The summed E-state index contributed by atoms with van der Waals surface area (Å²) in [6.45, 7) is 1.36. The Morgan fingerprint density at radius 2 is 1.95 bits per heavy atom. The van der Waals surface area contributed by atoms with Crippen LogP contribution in [0.25, 0.3) is 0 Å². The molecular formula is C15H12F2O2. The fourth-order valence-electron chi connectivity index (χ4n) is 1.62. The smallest absolute Gasteiger partial charge is 0.159 e. The van der Waals surface area contributed by atoms with E-state index >= 15 is 0 Å². The number of benzene rings is 2. The number of rotatable bonds is 4. The van der Waals surface area contributed by atoms with Gasteiger partial charge in [-0.25, -0.2) is 8.78 Å². The van der Waals surface area contributed by atoms with Crippen molar-refractivity contribution in [3.8, 4) is 5.75 Å². The number of halogens is 2. The van der Waals surface area contributed by atoms with Crippen LogP contribution < -0.4 is 4.74 Å². The third-order valence-electron chi connectivity index (χ3n) is 2.64. The van der Waals surface area contributed by atoms with E-state index in [1.54, 1.807) is 24.3 Å². The summed E-state index contributed by atoms with van der Waals surface area (Å²) >= 11 is 0. The third kappa shape index (κ3) is 3.37. The molecule has 0 bridgehead atoms. The molecule has 2 aromatic carbocycles. The highest BCUT2D eigenvalue weighted by atomic mass is 19.1. The number of carbonyl (C=O) groups is 1. The Bertz CT molecular complexity index is 609. The average Bonchev–Trinajstić information content (AvgIpc) is 2.40. The van der Waals surface area contributed by atoms with Crippen molar-refractivity contribution in [2.75, 3.05) is 0 Å². The highest BCUT2D eigenvalue weighted by molar-refractivity contribution is 5.94. The molecule has 0 heterocycles. The summed E-state index contributed by atoms with van der Waals surface area (Å²) in [7, 11) is 0. The van der Waals surface area contributed by atoms with Crippen molar-refractivity contribution in [2.24, 2.45) is 0 Å². The number of ketones is 1. The number of Topliss-reactive ketones (excluding diaryl/α,β-unsaturated/α-hetero) is 1. The minimum atomic E-state index is -0.524. The fourth-order valence-corrected chi connectivity index (χ4v) is 1.62. The normalized spacial score (nSPS) is 10.3. The number of ether oxygens (including phenoxy) is 1. The van der Waals surface area contributed by atoms with E-state index in [0.29, 0.717) is 11.3 Å². The maximum Gasteiger partial charge on any atom is 0.159 e. The highest BCUT2D eigenvalue weighted by Crippen LogP contribution is 2.17. The number of hydrogen-bond acceptors (Lipinski definition) is 2. The van der Waals surface area contributed by atoms with Gasteiger partial charge in [0.05, 0.1) is 0 Å². The minimum absolute atomic E-state index is 0.0811. The van der Waals surface area contributed by atoms with E-state index in [1.807, 2.05) is 0 Å². The van der Waals surface area contributed by atoms with Gasteiger partial charge in [0.25, 0.3) is 0 Å². The van der Waals surface area contributed by atoms with Crippen molar-refractivity contribution in [1.82, 2.24) is 0 Å². The molecule has 4 heteroatoms. The molecule has 0 unspecified atom stereocenters. The molecule has 2 nitrogen and oxygen atoms in total. The quantitative estimate of drug-likeness (QED) is 0.784. The lowest BCUT2D eigenvalue weighted by molar-refractivity contribution is 0.101. The lowest BCUT2D eigenvalue weighted by Crippen LogP contribution is -2.00. The van der Waals surface area contributed by atoms with Gasteiger partial charge in [0.2, 0.25) is 0 Å². The average molecular weight is 262 g/mol. The Hall–Kier alpha value is -2.23. The van der Waals surface area contributed by atoms with Crippen LogP contribution in [0, 0.1) is 11.6 Å². The van der Waals surface area contributed by atoms with Gasteiger partial charge < -0.3 is 4.74 Å². The zero-order valence-corrected chi connectivity index (χ0v) is 10.3. The predicted octanol–water partition coefficient (Wildman–Crippen LogP) is 3.75. The van der Waals surface area contributed by atoms with Crippen LogP contribution in [0.4, 0.5) is 8.78 Å². The molecule has 0 N–H and O–H groups in total. The molecule has 0 radical (unpaired) electrons. The molecule has 0 aliphatic heterocycles. The van der Waals surface area contributed by atoms with Gasteiger partial charge in [-0.05, 0) is 37.3 Å². The Labute approximate surface area is 109 Å². The van der Waals surface area contributed by atoms with E-state index in [4.69, 9.17) is 4.74 Å². The first-order valence-corrected chi connectivity index (χ1v) is 5.74. The van der Waals surface area contributed by atoms with Crippen LogP contribution in [0.15, 0.2) is 42.5 Å². The molecular weight excluding hydrogens is 250 g/mol. The van der Waals surface area contributed by atoms with Gasteiger partial charge in [-0.15, -0.1) is 0 Å². The zero-order valence-electron chi connectivity index (χ0n) is 10.3. The van der Waals surface area contributed by atoms with Gasteiger partial charge in [0.15, 0.2) is 5.78 Å². The van der Waals surface area contributed by atoms with Crippen molar-refractivity contribution >= 4 is 5.78 Å². The van der Waals surface area contributed by atoms with Gasteiger partial charge in [-0.2, -0.15) is 0 Å². The summed E-state index contributed by atoms with van der Waals surface area (Å²) in [6, 6.07) is 9.76. The van der Waals surface area contributed by atoms with E-state index in [9.17, 15) is 13.6 Å². The lowest BCUT2D eigenvalue weighted by Gasteiger charge is -2.08. The maximum absolute atomic E-state index is 13.4. The molecule has 0 spiro atoms. The van der Waals surface area contributed by atoms with Crippen LogP contribution in [0.2, 0.25) is 0 Å². The summed E-state index contributed by atoms with van der Waals surface area (Å²) < 4.78 is 31.7. The zero-order chi connectivity index (χ0) is 13.8. The monoisotopic (exact) mass is 262 g/mol. The van der Waals surface area contributed by atoms with E-state index in [2.05, 4.69) is 0 Å². The first-order chi connectivity index (χ1) is 9.06. The Balaban J connectivity index is 2.12. The second-order valence-corrected chi connectivity index (χ2v) is 4.11. The molecule has 0 aromatic heterocycles. The molecule has 0 saturated carbocycles. The minimum Gasteiger partial charge on any atom is -0.489 e. The van der Waals surface area contributed by atoms with Crippen molar-refractivity contribution in [1.29, 1.82) is 0 Å². The van der Waals surface area contributed by atoms with Crippen LogP contribution in [0.5, 0.6) is 5.75 Å². The van der Waals surface area contributed by atoms with Crippen LogP contribution in [0.3, 0.4) is 0 Å². The molecule has 0 aliphatic rings. The highest BCUT2D eigenvalue weighted by Gasteiger charge is 2.06. The van der Waals surface area contributed by atoms with Crippen LogP contribution in [-0.4, -0.2) is 5.78 Å². The van der Waals surface area contributed by atoms with E-state index in [0.717, 1.165) is 18.2 Å². The lowest BCUT2D eigenvalue weighted by atomic mass is 10.1. The van der Waals surface area contributed by atoms with E-state index < -0.39 is 11.6 Å².